The van der Waals surface area contributed by atoms with Crippen molar-refractivity contribution in [3.8, 4) is 0 Å². The van der Waals surface area contributed by atoms with Gasteiger partial charge in [-0.05, 0) is 104 Å². The summed E-state index contributed by atoms with van der Waals surface area (Å²) in [6, 6.07) is 0. The predicted molar refractivity (Wildman–Crippen MR) is 183 cm³/mol. The second kappa shape index (κ2) is 15.3. The first-order valence-electron chi connectivity index (χ1n) is 19.2. The first-order valence-corrected chi connectivity index (χ1v) is 19.2. The molecule has 46 heavy (non-hydrogen) atoms. The fraction of sp³-hybridized carbons (Fsp3) is 0.897. The van der Waals surface area contributed by atoms with Gasteiger partial charge in [0.05, 0.1) is 12.7 Å². The number of aliphatic hydroxyl groups is 2. The van der Waals surface area contributed by atoms with E-state index in [0.29, 0.717) is 31.5 Å². The number of β-amino-alcohol motifs (C(OH)–C–C–N with tert-alkyl or cyclic N) is 1. The van der Waals surface area contributed by atoms with E-state index in [1.54, 1.807) is 10.5 Å². The van der Waals surface area contributed by atoms with E-state index < -0.39 is 6.10 Å². The van der Waals surface area contributed by atoms with Gasteiger partial charge in [-0.25, -0.2) is 4.79 Å². The quantitative estimate of drug-likeness (QED) is 0.143. The molecule has 0 aromatic heterocycles. The van der Waals surface area contributed by atoms with E-state index in [9.17, 15) is 19.8 Å². The number of fused-ring (bicyclic) bond motifs is 5. The summed E-state index contributed by atoms with van der Waals surface area (Å²) in [4.78, 5) is 26.7. The fourth-order valence-electron chi connectivity index (χ4n) is 11.1. The number of allylic oxidation sites excluding steroid dienone is 1. The van der Waals surface area contributed by atoms with Crippen LogP contribution >= 0.6 is 0 Å². The van der Waals surface area contributed by atoms with Crippen molar-refractivity contribution < 1.29 is 24.5 Å². The minimum absolute atomic E-state index is 0.0341. The molecular weight excluding hydrogens is 576 g/mol. The van der Waals surface area contributed by atoms with Crippen molar-refractivity contribution in [1.29, 1.82) is 0 Å². The first-order chi connectivity index (χ1) is 22.0. The molecule has 1 heterocycles. The van der Waals surface area contributed by atoms with Gasteiger partial charge in [-0.3, -0.25) is 4.79 Å². The van der Waals surface area contributed by atoms with Gasteiger partial charge in [-0.15, -0.1) is 0 Å². The van der Waals surface area contributed by atoms with E-state index >= 15 is 0 Å². The van der Waals surface area contributed by atoms with Crippen LogP contribution in [0.2, 0.25) is 0 Å². The molecular formula is C39H66N2O5. The Labute approximate surface area is 279 Å². The van der Waals surface area contributed by atoms with Gasteiger partial charge in [0.25, 0.3) is 0 Å². The lowest BCUT2D eigenvalue weighted by atomic mass is 9.47. The topological polar surface area (TPSA) is 99.1 Å². The highest BCUT2D eigenvalue weighted by molar-refractivity contribution is 5.76. The van der Waals surface area contributed by atoms with Crippen molar-refractivity contribution in [2.24, 2.45) is 52.3 Å². The summed E-state index contributed by atoms with van der Waals surface area (Å²) >= 11 is 0. The molecule has 0 aromatic rings. The molecule has 5 rings (SSSR count). The first kappa shape index (κ1) is 35.7. The third kappa shape index (κ3) is 7.66. The number of nitrogens with one attached hydrogen (secondary N) is 1. The summed E-state index contributed by atoms with van der Waals surface area (Å²) in [6.07, 6.45) is 18.4. The SMILES string of the molecule is CC(C)CCC[C@H](C)C1CCC2C3CC=C4C[C@@H](OC(=O)NCCCCCC(=O)N5CC(O)C(CO)C5)CC[C@]4(C)C3CC[C@@]21C. The summed E-state index contributed by atoms with van der Waals surface area (Å²) in [6.45, 7) is 13.7. The number of hydrogen-bond donors (Lipinski definition) is 3. The number of unbranched alkanes of at least 4 members (excludes halogenated alkanes) is 2. The number of likely N-dealkylation sites (tertiary alicyclic amines) is 1. The Morgan fingerprint density at radius 3 is 2.54 bits per heavy atom. The van der Waals surface area contributed by atoms with Crippen molar-refractivity contribution in [3.05, 3.63) is 11.6 Å². The van der Waals surface area contributed by atoms with Gasteiger partial charge in [0.1, 0.15) is 6.10 Å². The fourth-order valence-corrected chi connectivity index (χ4v) is 11.1. The maximum atomic E-state index is 12.7. The molecule has 1 saturated heterocycles. The molecule has 3 saturated carbocycles. The molecule has 5 aliphatic rings. The van der Waals surface area contributed by atoms with Crippen LogP contribution in [0.15, 0.2) is 11.6 Å². The number of ether oxygens (including phenoxy) is 1. The number of carbonyl (C=O) groups is 2. The van der Waals surface area contributed by atoms with Crippen LogP contribution < -0.4 is 5.32 Å². The van der Waals surface area contributed by atoms with Crippen LogP contribution in [-0.2, 0) is 9.53 Å². The lowest BCUT2D eigenvalue weighted by molar-refractivity contribution is -0.130. The molecule has 0 aromatic carbocycles. The summed E-state index contributed by atoms with van der Waals surface area (Å²) in [5.41, 5.74) is 2.32. The third-order valence-electron chi connectivity index (χ3n) is 13.9. The minimum atomic E-state index is -0.630. The summed E-state index contributed by atoms with van der Waals surface area (Å²) in [5.74, 6) is 4.80. The Morgan fingerprint density at radius 2 is 1.80 bits per heavy atom. The van der Waals surface area contributed by atoms with Crippen molar-refractivity contribution in [2.75, 3.05) is 26.2 Å². The molecule has 4 aliphatic carbocycles. The van der Waals surface area contributed by atoms with Gasteiger partial charge in [-0.1, -0.05) is 72.0 Å². The van der Waals surface area contributed by atoms with E-state index in [1.807, 2.05) is 0 Å². The zero-order valence-corrected chi connectivity index (χ0v) is 29.8. The zero-order chi connectivity index (χ0) is 33.1. The number of rotatable bonds is 13. The van der Waals surface area contributed by atoms with Crippen molar-refractivity contribution in [3.63, 3.8) is 0 Å². The van der Waals surface area contributed by atoms with Crippen LogP contribution in [0.25, 0.3) is 0 Å². The second-order valence-electron chi connectivity index (χ2n) is 17.1. The van der Waals surface area contributed by atoms with E-state index in [1.165, 1.54) is 51.4 Å². The maximum absolute atomic E-state index is 12.7. The van der Waals surface area contributed by atoms with Gasteiger partial charge in [0.2, 0.25) is 5.91 Å². The van der Waals surface area contributed by atoms with E-state index in [2.05, 4.69) is 46.0 Å². The molecule has 7 heteroatoms. The molecule has 1 aliphatic heterocycles. The van der Waals surface area contributed by atoms with Crippen LogP contribution in [0.3, 0.4) is 0 Å². The van der Waals surface area contributed by atoms with Crippen molar-refractivity contribution in [1.82, 2.24) is 10.2 Å². The maximum Gasteiger partial charge on any atom is 0.407 e. The lowest BCUT2D eigenvalue weighted by Gasteiger charge is -2.58. The molecule has 0 radical (unpaired) electrons. The number of aliphatic hydroxyl groups excluding tert-OH is 2. The molecule has 0 spiro atoms. The molecule has 262 valence electrons. The van der Waals surface area contributed by atoms with E-state index in [-0.39, 0.29) is 36.0 Å². The van der Waals surface area contributed by atoms with Crippen LogP contribution in [0.4, 0.5) is 4.79 Å². The lowest BCUT2D eigenvalue weighted by Crippen LogP contribution is -2.51. The highest BCUT2D eigenvalue weighted by Crippen LogP contribution is 2.67. The Bertz CT molecular complexity index is 1080. The Hall–Kier alpha value is -1.60. The van der Waals surface area contributed by atoms with Gasteiger partial charge in [-0.2, -0.15) is 0 Å². The molecule has 3 N–H and O–H groups in total. The van der Waals surface area contributed by atoms with Crippen LogP contribution in [0.1, 0.15) is 131 Å². The smallest absolute Gasteiger partial charge is 0.407 e. The molecule has 10 atom stereocenters. The highest BCUT2D eigenvalue weighted by atomic mass is 16.6. The average Bonchev–Trinajstić information content (AvgIpc) is 3.58. The largest absolute Gasteiger partial charge is 0.446 e. The normalized spacial score (nSPS) is 37.7. The third-order valence-corrected chi connectivity index (χ3v) is 13.9. The van der Waals surface area contributed by atoms with Crippen LogP contribution in [0, 0.1) is 52.3 Å². The van der Waals surface area contributed by atoms with Crippen LogP contribution in [0.5, 0.6) is 0 Å². The number of hydrogen-bond acceptors (Lipinski definition) is 5. The van der Waals surface area contributed by atoms with E-state index in [4.69, 9.17) is 4.74 Å². The number of amides is 2. The van der Waals surface area contributed by atoms with Gasteiger partial charge < -0.3 is 25.2 Å². The Morgan fingerprint density at radius 1 is 1.00 bits per heavy atom. The van der Waals surface area contributed by atoms with Crippen LogP contribution in [-0.4, -0.2) is 65.6 Å². The van der Waals surface area contributed by atoms with Crippen molar-refractivity contribution >= 4 is 12.0 Å². The number of alkyl carbamates (subject to hydrolysis) is 1. The minimum Gasteiger partial charge on any atom is -0.446 e. The molecule has 0 bridgehead atoms. The Kier molecular flexibility index (Phi) is 11.9. The summed E-state index contributed by atoms with van der Waals surface area (Å²) in [7, 11) is 0. The number of nitrogens with zero attached hydrogens (tertiary/aromatic N) is 1. The molecule has 2 amide bonds. The zero-order valence-electron chi connectivity index (χ0n) is 29.8. The predicted octanol–water partition coefficient (Wildman–Crippen LogP) is 7.49. The highest BCUT2D eigenvalue weighted by Gasteiger charge is 2.59. The molecule has 6 unspecified atom stereocenters. The Balaban J connectivity index is 1.03. The standard InChI is InChI=1S/C39H66N2O5/c1-26(2)10-9-11-27(3)32-15-16-33-31-14-13-29-22-30(17-19-38(29,4)34(31)18-20-39(32,33)5)46-37(45)40-21-8-6-7-12-36(44)41-23-28(25-42)35(43)24-41/h13,26-28,30-35,42-43H,6-12,14-25H2,1-5H3,(H,40,45)/t27-,28?,30-,31?,32?,33?,34?,35?,38-,39+/m0/s1. The van der Waals surface area contributed by atoms with Gasteiger partial charge >= 0.3 is 6.09 Å². The van der Waals surface area contributed by atoms with Gasteiger partial charge in [0, 0.05) is 38.4 Å². The molecule has 7 nitrogen and oxygen atoms in total. The second-order valence-corrected chi connectivity index (χ2v) is 17.1. The number of carbonyl (C=O) groups excluding carboxylic acids is 2. The summed E-state index contributed by atoms with van der Waals surface area (Å²) < 4.78 is 5.94. The van der Waals surface area contributed by atoms with E-state index in [0.717, 1.165) is 74.0 Å². The molecule has 4 fully saturated rings. The van der Waals surface area contributed by atoms with Crippen molar-refractivity contribution in [2.45, 2.75) is 143 Å². The monoisotopic (exact) mass is 642 g/mol. The van der Waals surface area contributed by atoms with Gasteiger partial charge in [0.15, 0.2) is 0 Å². The summed E-state index contributed by atoms with van der Waals surface area (Å²) in [5, 5.41) is 22.2. The average molecular weight is 643 g/mol.